The molecule has 0 aromatic carbocycles. The van der Waals surface area contributed by atoms with Crippen LogP contribution in [-0.4, -0.2) is 100 Å². The molecule has 0 amide bonds. The van der Waals surface area contributed by atoms with Gasteiger partial charge in [0.05, 0.1) is 31.0 Å². The summed E-state index contributed by atoms with van der Waals surface area (Å²) in [6.45, 7) is 11.0. The van der Waals surface area contributed by atoms with Gasteiger partial charge in [-0.15, -0.1) is 0 Å². The second-order valence-electron chi connectivity index (χ2n) is 12.5. The van der Waals surface area contributed by atoms with Crippen LogP contribution in [-0.2, 0) is 18.9 Å². The molecular formula is C29H54BrNO7. The molecule has 3 rings (SSSR count). The molecule has 4 unspecified atom stereocenters. The van der Waals surface area contributed by atoms with E-state index in [0.29, 0.717) is 0 Å². The summed E-state index contributed by atoms with van der Waals surface area (Å²) in [5, 5.41) is 35.0. The average molecular weight is 609 g/mol. The number of ether oxygens (including phenoxy) is 4. The average Bonchev–Trinajstić information content (AvgIpc) is 2.86. The first-order chi connectivity index (χ1) is 18.0. The first kappa shape index (κ1) is 32.7. The van der Waals surface area contributed by atoms with Crippen LogP contribution >= 0.6 is 15.9 Å². The molecule has 3 aliphatic rings. The van der Waals surface area contributed by atoms with E-state index < -0.39 is 42.3 Å². The number of halogens is 1. The maximum Gasteiger partial charge on any atom is 0.185 e. The monoisotopic (exact) mass is 607 g/mol. The highest BCUT2D eigenvalue weighted by Crippen LogP contribution is 2.39. The lowest BCUT2D eigenvalue weighted by molar-refractivity contribution is -0.323. The Morgan fingerprint density at radius 3 is 2.18 bits per heavy atom. The van der Waals surface area contributed by atoms with E-state index in [9.17, 15) is 15.3 Å². The molecule has 0 radical (unpaired) electrons. The molecule has 12 atom stereocenters. The van der Waals surface area contributed by atoms with E-state index >= 15 is 0 Å². The van der Waals surface area contributed by atoms with Gasteiger partial charge in [0.1, 0.15) is 17.8 Å². The third kappa shape index (κ3) is 8.13. The minimum Gasteiger partial charge on any atom is -0.388 e. The number of hydrogen-bond acceptors (Lipinski definition) is 8. The van der Waals surface area contributed by atoms with Crippen molar-refractivity contribution in [2.24, 2.45) is 17.8 Å². The highest BCUT2D eigenvalue weighted by molar-refractivity contribution is 9.09. The Morgan fingerprint density at radius 1 is 0.921 bits per heavy atom. The van der Waals surface area contributed by atoms with Gasteiger partial charge in [-0.05, 0) is 70.9 Å². The molecule has 0 bridgehead atoms. The topological polar surface area (TPSA) is 101 Å². The summed E-state index contributed by atoms with van der Waals surface area (Å²) < 4.78 is 24.9. The summed E-state index contributed by atoms with van der Waals surface area (Å²) in [5.74, 6) is 0.452. The fourth-order valence-corrected chi connectivity index (χ4v) is 7.05. The number of aliphatic hydroxyl groups is 3. The molecule has 0 aromatic heterocycles. The Labute approximate surface area is 238 Å². The molecule has 8 nitrogen and oxygen atoms in total. The van der Waals surface area contributed by atoms with Crippen molar-refractivity contribution in [3.05, 3.63) is 0 Å². The summed E-state index contributed by atoms with van der Waals surface area (Å²) >= 11 is 3.47. The van der Waals surface area contributed by atoms with E-state index in [2.05, 4.69) is 43.6 Å². The zero-order valence-electron chi connectivity index (χ0n) is 24.4. The Bertz CT molecular complexity index is 700. The standard InChI is InChI=1S/C29H54BrNO7/c1-7-21-13-12-18(2)27(36-21)37-24-19(3)16-20(4)25(22(24)32)38-28-23(33)26(29(5,34)17-35-28)31(6)15-11-9-8-10-14-30/h18-28,32-34H,7-17H2,1-6H3/t18-,19+,20-,21-,22+,23-,24?,25?,26-,27?,28?,29+/m1/s1. The van der Waals surface area contributed by atoms with Gasteiger partial charge in [0.2, 0.25) is 0 Å². The van der Waals surface area contributed by atoms with Crippen LogP contribution in [0.1, 0.15) is 86.0 Å². The predicted molar refractivity (Wildman–Crippen MR) is 151 cm³/mol. The smallest absolute Gasteiger partial charge is 0.185 e. The summed E-state index contributed by atoms with van der Waals surface area (Å²) in [5.41, 5.74) is -1.22. The van der Waals surface area contributed by atoms with E-state index in [1.165, 1.54) is 0 Å². The maximum atomic E-state index is 11.5. The molecule has 9 heteroatoms. The Hall–Kier alpha value is 0.160. The van der Waals surface area contributed by atoms with Crippen LogP contribution in [0.5, 0.6) is 0 Å². The highest BCUT2D eigenvalue weighted by Gasteiger charge is 2.51. The summed E-state index contributed by atoms with van der Waals surface area (Å²) in [7, 11) is 1.94. The van der Waals surface area contributed by atoms with E-state index in [0.717, 1.165) is 63.2 Å². The Morgan fingerprint density at radius 2 is 1.55 bits per heavy atom. The van der Waals surface area contributed by atoms with Crippen molar-refractivity contribution >= 4 is 15.9 Å². The molecule has 2 heterocycles. The molecule has 224 valence electrons. The van der Waals surface area contributed by atoms with E-state index in [-0.39, 0.29) is 36.8 Å². The quantitative estimate of drug-likeness (QED) is 0.225. The molecular weight excluding hydrogens is 554 g/mol. The number of likely N-dealkylation sites (N-methyl/N-ethyl adjacent to an activating group) is 1. The van der Waals surface area contributed by atoms with Crippen LogP contribution in [0.25, 0.3) is 0 Å². The lowest BCUT2D eigenvalue weighted by atomic mass is 9.77. The van der Waals surface area contributed by atoms with Gasteiger partial charge in [-0.25, -0.2) is 0 Å². The third-order valence-corrected chi connectivity index (χ3v) is 9.52. The van der Waals surface area contributed by atoms with Crippen molar-refractivity contribution in [2.45, 2.75) is 141 Å². The van der Waals surface area contributed by atoms with Crippen molar-refractivity contribution < 1.29 is 34.3 Å². The fraction of sp³-hybridized carbons (Fsp3) is 1.00. The molecule has 2 saturated heterocycles. The van der Waals surface area contributed by atoms with Gasteiger partial charge >= 0.3 is 0 Å². The molecule has 0 spiro atoms. The normalized spacial score (nSPS) is 44.4. The Balaban J connectivity index is 1.65. The number of alkyl halides is 1. The minimum atomic E-state index is -1.22. The molecule has 1 aliphatic carbocycles. The van der Waals surface area contributed by atoms with Crippen molar-refractivity contribution in [3.63, 3.8) is 0 Å². The number of rotatable bonds is 12. The van der Waals surface area contributed by atoms with Crippen LogP contribution < -0.4 is 0 Å². The highest BCUT2D eigenvalue weighted by atomic mass is 79.9. The van der Waals surface area contributed by atoms with Crippen molar-refractivity contribution in [1.29, 1.82) is 0 Å². The van der Waals surface area contributed by atoms with E-state index in [4.69, 9.17) is 18.9 Å². The first-order valence-corrected chi connectivity index (χ1v) is 16.0. The summed E-state index contributed by atoms with van der Waals surface area (Å²) in [4.78, 5) is 2.03. The van der Waals surface area contributed by atoms with Gasteiger partial charge in [-0.3, -0.25) is 4.90 Å². The molecule has 3 fully saturated rings. The second-order valence-corrected chi connectivity index (χ2v) is 13.3. The predicted octanol–water partition coefficient (Wildman–Crippen LogP) is 4.07. The SMILES string of the molecule is CC[C@@H]1CC[C@@H](C)C(OC2[C@H](O)C(OC3OC[C@](C)(O)[C@H](N(C)CCCCCCBr)[C@H]3O)[C@H](C)C[C@@H]2C)O1. The van der Waals surface area contributed by atoms with Crippen molar-refractivity contribution in [1.82, 2.24) is 4.90 Å². The van der Waals surface area contributed by atoms with Gasteiger partial charge in [-0.1, -0.05) is 56.5 Å². The largest absolute Gasteiger partial charge is 0.388 e. The van der Waals surface area contributed by atoms with Crippen molar-refractivity contribution in [3.8, 4) is 0 Å². The maximum absolute atomic E-state index is 11.5. The number of unbranched alkanes of at least 4 members (excludes halogenated alkanes) is 3. The van der Waals surface area contributed by atoms with Gasteiger partial charge < -0.3 is 34.3 Å². The van der Waals surface area contributed by atoms with Crippen LogP contribution in [0.3, 0.4) is 0 Å². The van der Waals surface area contributed by atoms with E-state index in [1.54, 1.807) is 6.92 Å². The lowest BCUT2D eigenvalue weighted by Gasteiger charge is -2.50. The van der Waals surface area contributed by atoms with Crippen LogP contribution in [0.4, 0.5) is 0 Å². The van der Waals surface area contributed by atoms with Gasteiger partial charge in [0.25, 0.3) is 0 Å². The molecule has 2 aliphatic heterocycles. The molecule has 3 N–H and O–H groups in total. The fourth-order valence-electron chi connectivity index (χ4n) is 6.65. The third-order valence-electron chi connectivity index (χ3n) is 8.96. The van der Waals surface area contributed by atoms with Crippen LogP contribution in [0.2, 0.25) is 0 Å². The van der Waals surface area contributed by atoms with Crippen LogP contribution in [0.15, 0.2) is 0 Å². The van der Waals surface area contributed by atoms with Gasteiger partial charge in [0, 0.05) is 11.2 Å². The number of hydrogen-bond donors (Lipinski definition) is 3. The van der Waals surface area contributed by atoms with Gasteiger partial charge in [0.15, 0.2) is 12.6 Å². The number of aliphatic hydroxyl groups excluding tert-OH is 2. The summed E-state index contributed by atoms with van der Waals surface area (Å²) in [6.07, 6.45) is 4.22. The summed E-state index contributed by atoms with van der Waals surface area (Å²) in [6, 6.07) is -0.540. The zero-order chi connectivity index (χ0) is 28.0. The van der Waals surface area contributed by atoms with Crippen molar-refractivity contribution in [2.75, 3.05) is 25.5 Å². The minimum absolute atomic E-state index is 0.0483. The molecule has 1 saturated carbocycles. The Kier molecular flexibility index (Phi) is 12.8. The first-order valence-electron chi connectivity index (χ1n) is 14.9. The molecule has 38 heavy (non-hydrogen) atoms. The van der Waals surface area contributed by atoms with Crippen LogP contribution in [0, 0.1) is 17.8 Å². The van der Waals surface area contributed by atoms with Gasteiger partial charge in [-0.2, -0.15) is 0 Å². The lowest BCUT2D eigenvalue weighted by Crippen LogP contribution is -2.67. The molecule has 0 aromatic rings. The second kappa shape index (κ2) is 14.9. The zero-order valence-corrected chi connectivity index (χ0v) is 26.0. The van der Waals surface area contributed by atoms with E-state index in [1.807, 2.05) is 11.9 Å². The number of nitrogens with zero attached hydrogens (tertiary/aromatic N) is 1.